The van der Waals surface area contributed by atoms with Gasteiger partial charge in [0.25, 0.3) is 0 Å². The first-order chi connectivity index (χ1) is 14.7. The Morgan fingerprint density at radius 1 is 0.871 bits per heavy atom. The van der Waals surface area contributed by atoms with Gasteiger partial charge in [-0.15, -0.1) is 0 Å². The molecule has 3 N–H and O–H groups in total. The molecule has 0 heterocycles. The van der Waals surface area contributed by atoms with Gasteiger partial charge in [0.1, 0.15) is 0 Å². The predicted octanol–water partition coefficient (Wildman–Crippen LogP) is 5.35. The largest absolute Gasteiger partial charge is 0.481 e. The maximum absolute atomic E-state index is 10.6. The number of esters is 1. The van der Waals surface area contributed by atoms with Crippen LogP contribution in [0.5, 0.6) is 0 Å². The zero-order valence-corrected chi connectivity index (χ0v) is 19.7. The lowest BCUT2D eigenvalue weighted by Gasteiger charge is -2.07. The highest BCUT2D eigenvalue weighted by Crippen LogP contribution is 2.10. The summed E-state index contributed by atoms with van der Waals surface area (Å²) in [5, 5.41) is 26.5. The molecule has 0 aliphatic rings. The van der Waals surface area contributed by atoms with Crippen LogP contribution in [0, 0.1) is 5.92 Å². The normalized spacial score (nSPS) is 12.6. The van der Waals surface area contributed by atoms with Crippen molar-refractivity contribution in [1.82, 2.24) is 0 Å². The number of hydrogen-bond donors (Lipinski definition) is 3. The van der Waals surface area contributed by atoms with E-state index in [4.69, 9.17) is 10.2 Å². The SMILES string of the molecule is CCCCCCC(O)C/C=C\CCCCCCCC(=O)O.COC(=O)C(C)CC(=O)O. The number of rotatable bonds is 18. The molecule has 2 unspecified atom stereocenters. The molecule has 7 heteroatoms. The molecule has 7 nitrogen and oxygen atoms in total. The number of aliphatic carboxylic acids is 2. The molecule has 182 valence electrons. The van der Waals surface area contributed by atoms with E-state index in [0.29, 0.717) is 6.42 Å². The standard InChI is InChI=1S/C18H34O3.C6H10O4/c1-2-3-4-11-14-17(19)15-12-9-7-5-6-8-10-13-16-18(20)21;1-4(3-5(7)8)6(9)10-2/h9,12,17,19H,2-8,10-11,13-16H2,1H3,(H,20,21);4H,3H2,1-2H3,(H,7,8)/b12-9-;. The van der Waals surface area contributed by atoms with Gasteiger partial charge in [-0.2, -0.15) is 0 Å². The van der Waals surface area contributed by atoms with Gasteiger partial charge in [0.2, 0.25) is 0 Å². The summed E-state index contributed by atoms with van der Waals surface area (Å²) in [7, 11) is 1.24. The smallest absolute Gasteiger partial charge is 0.308 e. The Bertz CT molecular complexity index is 488. The first-order valence-electron chi connectivity index (χ1n) is 11.6. The predicted molar refractivity (Wildman–Crippen MR) is 122 cm³/mol. The Morgan fingerprint density at radius 2 is 1.48 bits per heavy atom. The zero-order chi connectivity index (χ0) is 23.9. The molecule has 0 fully saturated rings. The van der Waals surface area contributed by atoms with Crippen LogP contribution in [0.25, 0.3) is 0 Å². The van der Waals surface area contributed by atoms with E-state index < -0.39 is 23.8 Å². The van der Waals surface area contributed by atoms with E-state index in [1.54, 1.807) is 0 Å². The Labute approximate surface area is 187 Å². The van der Waals surface area contributed by atoms with Crippen molar-refractivity contribution in [3.05, 3.63) is 12.2 Å². The van der Waals surface area contributed by atoms with Gasteiger partial charge in [0, 0.05) is 6.42 Å². The number of carboxylic acids is 2. The van der Waals surface area contributed by atoms with Crippen molar-refractivity contribution in [2.45, 2.75) is 110 Å². The highest BCUT2D eigenvalue weighted by Gasteiger charge is 2.15. The number of unbranched alkanes of at least 4 members (excludes halogenated alkanes) is 8. The molecule has 0 rings (SSSR count). The van der Waals surface area contributed by atoms with Crippen molar-refractivity contribution in [3.8, 4) is 0 Å². The number of carboxylic acid groups (broad SMARTS) is 2. The fourth-order valence-corrected chi connectivity index (χ4v) is 2.91. The molecule has 31 heavy (non-hydrogen) atoms. The summed E-state index contributed by atoms with van der Waals surface area (Å²) < 4.78 is 4.31. The number of methoxy groups -OCH3 is 1. The van der Waals surface area contributed by atoms with Crippen LogP contribution in [0.2, 0.25) is 0 Å². The first kappa shape index (κ1) is 31.3. The summed E-state index contributed by atoms with van der Waals surface area (Å²) in [4.78, 5) is 30.9. The first-order valence-corrected chi connectivity index (χ1v) is 11.6. The topological polar surface area (TPSA) is 121 Å². The van der Waals surface area contributed by atoms with Gasteiger partial charge in [-0.1, -0.05) is 70.9 Å². The molecular formula is C24H44O7. The van der Waals surface area contributed by atoms with E-state index in [1.165, 1.54) is 39.7 Å². The number of carbonyl (C=O) groups excluding carboxylic acids is 1. The highest BCUT2D eigenvalue weighted by atomic mass is 16.5. The lowest BCUT2D eigenvalue weighted by atomic mass is 10.1. The number of hydrogen-bond acceptors (Lipinski definition) is 5. The van der Waals surface area contributed by atoms with Crippen molar-refractivity contribution in [2.24, 2.45) is 5.92 Å². The lowest BCUT2D eigenvalue weighted by Crippen LogP contribution is -2.16. The molecule has 0 radical (unpaired) electrons. The van der Waals surface area contributed by atoms with E-state index in [9.17, 15) is 19.5 Å². The third-order valence-electron chi connectivity index (χ3n) is 4.81. The van der Waals surface area contributed by atoms with Crippen LogP contribution in [-0.4, -0.2) is 46.4 Å². The van der Waals surface area contributed by atoms with Crippen molar-refractivity contribution in [1.29, 1.82) is 0 Å². The summed E-state index contributed by atoms with van der Waals surface area (Å²) in [6.45, 7) is 3.71. The molecule has 0 aromatic rings. The Morgan fingerprint density at radius 3 is 2.06 bits per heavy atom. The molecule has 0 amide bonds. The summed E-state index contributed by atoms with van der Waals surface area (Å²) in [5.74, 6) is -2.71. The summed E-state index contributed by atoms with van der Waals surface area (Å²) in [5.41, 5.74) is 0. The minimum atomic E-state index is -0.988. The van der Waals surface area contributed by atoms with E-state index in [2.05, 4.69) is 23.8 Å². The van der Waals surface area contributed by atoms with E-state index >= 15 is 0 Å². The summed E-state index contributed by atoms with van der Waals surface area (Å²) in [6.07, 6.45) is 17.2. The van der Waals surface area contributed by atoms with Gasteiger partial charge >= 0.3 is 17.9 Å². The number of aliphatic hydroxyl groups excluding tert-OH is 1. The van der Waals surface area contributed by atoms with Crippen LogP contribution in [0.15, 0.2) is 12.2 Å². The average Bonchev–Trinajstić information content (AvgIpc) is 2.71. The zero-order valence-electron chi connectivity index (χ0n) is 19.7. The third kappa shape index (κ3) is 26.1. The van der Waals surface area contributed by atoms with Crippen LogP contribution in [0.3, 0.4) is 0 Å². The minimum Gasteiger partial charge on any atom is -0.481 e. The van der Waals surface area contributed by atoms with Crippen molar-refractivity contribution >= 4 is 17.9 Å². The van der Waals surface area contributed by atoms with E-state index in [0.717, 1.165) is 51.4 Å². The number of allylic oxidation sites excluding steroid dienone is 1. The van der Waals surface area contributed by atoms with Crippen LogP contribution in [0.1, 0.15) is 104 Å². The van der Waals surface area contributed by atoms with Gasteiger partial charge in [0.15, 0.2) is 0 Å². The Hall–Kier alpha value is -1.89. The molecular weight excluding hydrogens is 400 g/mol. The molecule has 2 atom stereocenters. The molecule has 0 bridgehead atoms. The summed E-state index contributed by atoms with van der Waals surface area (Å²) >= 11 is 0. The highest BCUT2D eigenvalue weighted by molar-refractivity contribution is 5.78. The van der Waals surface area contributed by atoms with Crippen molar-refractivity contribution in [2.75, 3.05) is 7.11 Å². The molecule has 0 spiro atoms. The van der Waals surface area contributed by atoms with Crippen LogP contribution >= 0.6 is 0 Å². The molecule has 0 aromatic carbocycles. The van der Waals surface area contributed by atoms with Gasteiger partial charge in [-0.25, -0.2) is 0 Å². The Kier molecular flexibility index (Phi) is 23.0. The average molecular weight is 445 g/mol. The van der Waals surface area contributed by atoms with Crippen molar-refractivity contribution in [3.63, 3.8) is 0 Å². The van der Waals surface area contributed by atoms with Crippen molar-refractivity contribution < 1.29 is 34.4 Å². The molecule has 0 aromatic heterocycles. The quantitative estimate of drug-likeness (QED) is 0.148. The second-order valence-electron chi connectivity index (χ2n) is 7.93. The fraction of sp³-hybridized carbons (Fsp3) is 0.792. The van der Waals surface area contributed by atoms with Crippen LogP contribution in [0.4, 0.5) is 0 Å². The minimum absolute atomic E-state index is 0.172. The van der Waals surface area contributed by atoms with Gasteiger partial charge in [-0.3, -0.25) is 14.4 Å². The molecule has 0 saturated heterocycles. The maximum atomic E-state index is 10.6. The van der Waals surface area contributed by atoms with Gasteiger partial charge < -0.3 is 20.1 Å². The lowest BCUT2D eigenvalue weighted by molar-refractivity contribution is -0.150. The maximum Gasteiger partial charge on any atom is 0.308 e. The van der Waals surface area contributed by atoms with Crippen LogP contribution < -0.4 is 0 Å². The molecule has 0 saturated carbocycles. The van der Waals surface area contributed by atoms with Gasteiger partial charge in [0.05, 0.1) is 25.6 Å². The fourth-order valence-electron chi connectivity index (χ4n) is 2.91. The number of carbonyl (C=O) groups is 3. The van der Waals surface area contributed by atoms with E-state index in [1.807, 2.05) is 0 Å². The molecule has 0 aliphatic heterocycles. The number of ether oxygens (including phenoxy) is 1. The van der Waals surface area contributed by atoms with Crippen LogP contribution in [-0.2, 0) is 19.1 Å². The van der Waals surface area contributed by atoms with Gasteiger partial charge in [-0.05, 0) is 32.1 Å². The number of aliphatic hydroxyl groups is 1. The second-order valence-corrected chi connectivity index (χ2v) is 7.93. The second kappa shape index (κ2) is 22.8. The Balaban J connectivity index is 0. The van der Waals surface area contributed by atoms with E-state index in [-0.39, 0.29) is 12.5 Å². The summed E-state index contributed by atoms with van der Waals surface area (Å²) in [6, 6.07) is 0. The monoisotopic (exact) mass is 444 g/mol. The third-order valence-corrected chi connectivity index (χ3v) is 4.81. The molecule has 0 aliphatic carbocycles.